The first-order valence-corrected chi connectivity index (χ1v) is 5.28. The van der Waals surface area contributed by atoms with Crippen molar-refractivity contribution in [3.63, 3.8) is 0 Å². The fourth-order valence-electron chi connectivity index (χ4n) is 2.33. The Morgan fingerprint density at radius 1 is 1.47 bits per heavy atom. The molecule has 0 aromatic heterocycles. The first-order valence-electron chi connectivity index (χ1n) is 5.28. The Bertz CT molecular complexity index is 357. The van der Waals surface area contributed by atoms with Gasteiger partial charge in [0.25, 0.3) is 0 Å². The van der Waals surface area contributed by atoms with Gasteiger partial charge in [-0.1, -0.05) is 5.11 Å². The summed E-state index contributed by atoms with van der Waals surface area (Å²) in [5.41, 5.74) is 6.97. The molecule has 8 nitrogen and oxygen atoms in total. The summed E-state index contributed by atoms with van der Waals surface area (Å²) >= 11 is 0. The van der Waals surface area contributed by atoms with Gasteiger partial charge < -0.3 is 24.4 Å². The normalized spacial score (nSPS) is 43.2. The summed E-state index contributed by atoms with van der Waals surface area (Å²) in [6, 6.07) is 0. The lowest BCUT2D eigenvalue weighted by atomic mass is 9.96. The van der Waals surface area contributed by atoms with Crippen LogP contribution in [0.3, 0.4) is 0 Å². The molecule has 2 aliphatic heterocycles. The zero-order valence-corrected chi connectivity index (χ0v) is 9.61. The molecule has 17 heavy (non-hydrogen) atoms. The molecule has 0 saturated carbocycles. The molecule has 96 valence electrons. The van der Waals surface area contributed by atoms with E-state index in [0.29, 0.717) is 0 Å². The molecule has 0 amide bonds. The molecule has 4 atom stereocenters. The van der Waals surface area contributed by atoms with Crippen LogP contribution in [0.4, 0.5) is 0 Å². The highest BCUT2D eigenvalue weighted by Crippen LogP contribution is 2.45. The second kappa shape index (κ2) is 4.09. The second-order valence-electron chi connectivity index (χ2n) is 4.59. The van der Waals surface area contributed by atoms with Gasteiger partial charge >= 0.3 is 0 Å². The summed E-state index contributed by atoms with van der Waals surface area (Å²) in [7, 11) is 0. The lowest BCUT2D eigenvalue weighted by Crippen LogP contribution is -2.50. The molecule has 0 aromatic carbocycles. The number of azide groups is 1. The Kier molecular flexibility index (Phi) is 3.03. The van der Waals surface area contributed by atoms with Crippen LogP contribution in [0.2, 0.25) is 0 Å². The van der Waals surface area contributed by atoms with Gasteiger partial charge in [-0.15, -0.1) is 0 Å². The molecule has 0 aliphatic carbocycles. The summed E-state index contributed by atoms with van der Waals surface area (Å²) < 4.78 is 16.3. The van der Waals surface area contributed by atoms with Crippen molar-refractivity contribution in [1.29, 1.82) is 0 Å². The molecule has 2 rings (SSSR count). The van der Waals surface area contributed by atoms with Crippen LogP contribution in [-0.4, -0.2) is 53.3 Å². The van der Waals surface area contributed by atoms with E-state index in [9.17, 15) is 10.2 Å². The largest absolute Gasteiger partial charge is 0.393 e. The zero-order chi connectivity index (χ0) is 12.7. The molecule has 0 bridgehead atoms. The van der Waals surface area contributed by atoms with Gasteiger partial charge in [0, 0.05) is 4.91 Å². The smallest absolute Gasteiger partial charge is 0.189 e. The lowest BCUT2D eigenvalue weighted by molar-refractivity contribution is -0.251. The molecule has 0 aromatic rings. The maximum absolute atomic E-state index is 9.83. The number of ether oxygens (including phenoxy) is 3. The van der Waals surface area contributed by atoms with Gasteiger partial charge in [-0.2, -0.15) is 0 Å². The Balaban J connectivity index is 2.25. The van der Waals surface area contributed by atoms with Crippen molar-refractivity contribution in [2.24, 2.45) is 5.11 Å². The summed E-state index contributed by atoms with van der Waals surface area (Å²) in [5.74, 6) is -0.924. The highest BCUT2D eigenvalue weighted by atomic mass is 16.8. The van der Waals surface area contributed by atoms with E-state index in [2.05, 4.69) is 10.0 Å². The van der Waals surface area contributed by atoms with Crippen LogP contribution in [-0.2, 0) is 14.2 Å². The van der Waals surface area contributed by atoms with Gasteiger partial charge in [0.1, 0.15) is 6.10 Å². The molecule has 0 radical (unpaired) electrons. The predicted octanol–water partition coefficient (Wildman–Crippen LogP) is -0.104. The van der Waals surface area contributed by atoms with E-state index in [-0.39, 0.29) is 6.54 Å². The maximum Gasteiger partial charge on any atom is 0.189 e. The molecule has 2 saturated heterocycles. The summed E-state index contributed by atoms with van der Waals surface area (Å²) in [6.45, 7) is 2.94. The van der Waals surface area contributed by atoms with E-state index in [1.807, 2.05) is 0 Å². The van der Waals surface area contributed by atoms with Gasteiger partial charge in [0.2, 0.25) is 0 Å². The van der Waals surface area contributed by atoms with Crippen LogP contribution in [0.25, 0.3) is 10.4 Å². The van der Waals surface area contributed by atoms with Gasteiger partial charge in [-0.3, -0.25) is 0 Å². The summed E-state index contributed by atoms with van der Waals surface area (Å²) in [4.78, 5) is 2.63. The molecular formula is C9H15N3O5. The average Bonchev–Trinajstić information content (AvgIpc) is 2.68. The Hall–Kier alpha value is -0.890. The molecular weight excluding hydrogens is 230 g/mol. The van der Waals surface area contributed by atoms with E-state index < -0.39 is 36.5 Å². The molecule has 2 heterocycles. The van der Waals surface area contributed by atoms with Gasteiger partial charge in [0.15, 0.2) is 17.7 Å². The first-order chi connectivity index (χ1) is 7.95. The third-order valence-electron chi connectivity index (χ3n) is 2.96. The number of aliphatic hydroxyl groups is 2. The van der Waals surface area contributed by atoms with Crippen molar-refractivity contribution in [3.8, 4) is 0 Å². The van der Waals surface area contributed by atoms with Crippen LogP contribution in [0, 0.1) is 0 Å². The Labute approximate surface area is 97.7 Å². The van der Waals surface area contributed by atoms with Crippen LogP contribution in [0.15, 0.2) is 5.11 Å². The number of rotatable bonds is 3. The molecule has 2 fully saturated rings. The highest BCUT2D eigenvalue weighted by Gasteiger charge is 2.65. The van der Waals surface area contributed by atoms with Crippen molar-refractivity contribution in [1.82, 2.24) is 0 Å². The Morgan fingerprint density at radius 2 is 2.18 bits per heavy atom. The van der Waals surface area contributed by atoms with Crippen molar-refractivity contribution in [2.45, 2.75) is 43.7 Å². The topological polar surface area (TPSA) is 117 Å². The van der Waals surface area contributed by atoms with Crippen LogP contribution >= 0.6 is 0 Å². The number of hydrogen-bond donors (Lipinski definition) is 2. The van der Waals surface area contributed by atoms with Gasteiger partial charge in [-0.25, -0.2) is 0 Å². The summed E-state index contributed by atoms with van der Waals surface area (Å²) in [5, 5.41) is 22.6. The standard InChI is InChI=1S/C9H15N3O5/c1-8(2)16-6-5(3-11-12-10)15-7(14)9(6,4-13)17-8/h5-7,13-14H,3-4H2,1-2H3/t5-,6+,7?,9+/m1/s1. The number of nitrogens with zero attached hydrogens (tertiary/aromatic N) is 3. The molecule has 2 aliphatic rings. The molecule has 1 unspecified atom stereocenters. The second-order valence-corrected chi connectivity index (χ2v) is 4.59. The minimum Gasteiger partial charge on any atom is -0.393 e. The van der Waals surface area contributed by atoms with Crippen molar-refractivity contribution in [2.75, 3.05) is 13.2 Å². The quantitative estimate of drug-likeness (QED) is 0.409. The van der Waals surface area contributed by atoms with E-state index in [1.54, 1.807) is 13.8 Å². The SMILES string of the molecule is CC1(C)O[C@H]2[C@@H](CN=[N+]=[N-])OC(O)[C@@]2(CO)O1. The minimum atomic E-state index is -1.31. The lowest BCUT2D eigenvalue weighted by Gasteiger charge is -2.27. The van der Waals surface area contributed by atoms with Crippen LogP contribution < -0.4 is 0 Å². The molecule has 0 spiro atoms. The summed E-state index contributed by atoms with van der Waals surface area (Å²) in [6.07, 6.45) is -2.60. The van der Waals surface area contributed by atoms with Crippen molar-refractivity contribution >= 4 is 0 Å². The van der Waals surface area contributed by atoms with Crippen molar-refractivity contribution < 1.29 is 24.4 Å². The monoisotopic (exact) mass is 245 g/mol. The van der Waals surface area contributed by atoms with Gasteiger partial charge in [0.05, 0.1) is 19.3 Å². The number of fused-ring (bicyclic) bond motifs is 1. The van der Waals surface area contributed by atoms with Gasteiger partial charge in [-0.05, 0) is 19.4 Å². The van der Waals surface area contributed by atoms with E-state index in [4.69, 9.17) is 19.7 Å². The number of aliphatic hydroxyl groups excluding tert-OH is 2. The molecule has 2 N–H and O–H groups in total. The van der Waals surface area contributed by atoms with E-state index >= 15 is 0 Å². The van der Waals surface area contributed by atoms with Crippen LogP contribution in [0.5, 0.6) is 0 Å². The Morgan fingerprint density at radius 3 is 2.76 bits per heavy atom. The first kappa shape index (κ1) is 12.6. The van der Waals surface area contributed by atoms with E-state index in [0.717, 1.165) is 0 Å². The zero-order valence-electron chi connectivity index (χ0n) is 9.61. The predicted molar refractivity (Wildman–Crippen MR) is 54.7 cm³/mol. The third kappa shape index (κ3) is 1.89. The number of hydrogen-bond acceptors (Lipinski definition) is 6. The fourth-order valence-corrected chi connectivity index (χ4v) is 2.33. The van der Waals surface area contributed by atoms with E-state index in [1.165, 1.54) is 0 Å². The van der Waals surface area contributed by atoms with Crippen molar-refractivity contribution in [3.05, 3.63) is 10.4 Å². The minimum absolute atomic E-state index is 0.0133. The maximum atomic E-state index is 9.83. The third-order valence-corrected chi connectivity index (χ3v) is 2.96. The highest BCUT2D eigenvalue weighted by molar-refractivity contribution is 5.07. The molecule has 8 heteroatoms. The fraction of sp³-hybridized carbons (Fsp3) is 1.00. The van der Waals surface area contributed by atoms with Crippen LogP contribution in [0.1, 0.15) is 13.8 Å². The average molecular weight is 245 g/mol.